The Morgan fingerprint density at radius 3 is 2.54 bits per heavy atom. The molecule has 0 saturated heterocycles. The van der Waals surface area contributed by atoms with Gasteiger partial charge in [0.05, 0.1) is 24.7 Å². The molecule has 28 heavy (non-hydrogen) atoms. The molecule has 0 aliphatic carbocycles. The molecule has 1 heterocycles. The number of aromatic nitrogens is 1. The van der Waals surface area contributed by atoms with Crippen LogP contribution in [-0.2, 0) is 6.54 Å². The van der Waals surface area contributed by atoms with Crippen molar-refractivity contribution >= 4 is 17.3 Å². The van der Waals surface area contributed by atoms with E-state index in [9.17, 15) is 4.79 Å². The molecule has 0 aliphatic heterocycles. The van der Waals surface area contributed by atoms with E-state index in [1.54, 1.807) is 19.4 Å². The van der Waals surface area contributed by atoms with E-state index < -0.39 is 0 Å². The fourth-order valence-corrected chi connectivity index (χ4v) is 3.00. The summed E-state index contributed by atoms with van der Waals surface area (Å²) in [6.07, 6.45) is 1.74. The molecule has 0 saturated carbocycles. The molecule has 1 aromatic heterocycles. The van der Waals surface area contributed by atoms with Crippen molar-refractivity contribution < 1.29 is 9.53 Å². The minimum atomic E-state index is -0.262. The molecule has 2 aromatic carbocycles. The monoisotopic (exact) mass is 375 g/mol. The Bertz CT molecular complexity index is 924. The average molecular weight is 375 g/mol. The van der Waals surface area contributed by atoms with Gasteiger partial charge in [-0.1, -0.05) is 36.4 Å². The van der Waals surface area contributed by atoms with E-state index in [0.29, 0.717) is 17.1 Å². The van der Waals surface area contributed by atoms with E-state index >= 15 is 0 Å². The van der Waals surface area contributed by atoms with Gasteiger partial charge in [0.2, 0.25) is 0 Å². The largest absolute Gasteiger partial charge is 0.495 e. The van der Waals surface area contributed by atoms with Crippen LogP contribution in [0.4, 0.5) is 11.4 Å². The lowest BCUT2D eigenvalue weighted by molar-refractivity contribution is 0.102. The first-order valence-corrected chi connectivity index (χ1v) is 9.31. The van der Waals surface area contributed by atoms with Gasteiger partial charge in [0.15, 0.2) is 0 Å². The summed E-state index contributed by atoms with van der Waals surface area (Å²) >= 11 is 0. The van der Waals surface area contributed by atoms with Crippen molar-refractivity contribution in [1.29, 1.82) is 0 Å². The fourth-order valence-electron chi connectivity index (χ4n) is 3.00. The van der Waals surface area contributed by atoms with Gasteiger partial charge in [-0.25, -0.2) is 4.98 Å². The maximum absolute atomic E-state index is 12.6. The maximum Gasteiger partial charge on any atom is 0.274 e. The topological polar surface area (TPSA) is 54.5 Å². The second kappa shape index (κ2) is 9.04. The first-order chi connectivity index (χ1) is 13.6. The third kappa shape index (κ3) is 4.68. The summed E-state index contributed by atoms with van der Waals surface area (Å²) < 4.78 is 5.32. The van der Waals surface area contributed by atoms with Crippen LogP contribution in [0, 0.1) is 6.92 Å². The Labute approximate surface area is 166 Å². The standard InChI is InChI=1S/C23H25N3O2/c1-4-26(16-18-8-6-5-7-9-18)19-11-12-20(24-15-19)23(27)25-21-14-17(2)10-13-22(21)28-3/h5-15H,4,16H2,1-3H3,(H,25,27). The summed E-state index contributed by atoms with van der Waals surface area (Å²) in [4.78, 5) is 19.2. The van der Waals surface area contributed by atoms with Gasteiger partial charge in [-0.3, -0.25) is 4.79 Å². The Morgan fingerprint density at radius 2 is 1.89 bits per heavy atom. The first-order valence-electron chi connectivity index (χ1n) is 9.31. The van der Waals surface area contributed by atoms with E-state index in [0.717, 1.165) is 24.3 Å². The lowest BCUT2D eigenvalue weighted by Gasteiger charge is -2.23. The molecule has 0 unspecified atom stereocenters. The molecule has 5 nitrogen and oxygen atoms in total. The van der Waals surface area contributed by atoms with Gasteiger partial charge in [-0.05, 0) is 49.2 Å². The highest BCUT2D eigenvalue weighted by Crippen LogP contribution is 2.26. The van der Waals surface area contributed by atoms with E-state index in [-0.39, 0.29) is 5.91 Å². The first kappa shape index (κ1) is 19.4. The second-order valence-corrected chi connectivity index (χ2v) is 6.56. The number of ether oxygens (including phenoxy) is 1. The summed E-state index contributed by atoms with van der Waals surface area (Å²) in [6, 6.07) is 19.6. The Kier molecular flexibility index (Phi) is 6.27. The normalized spacial score (nSPS) is 10.4. The third-order valence-electron chi connectivity index (χ3n) is 4.55. The minimum Gasteiger partial charge on any atom is -0.495 e. The third-order valence-corrected chi connectivity index (χ3v) is 4.55. The number of hydrogen-bond acceptors (Lipinski definition) is 4. The van der Waals surface area contributed by atoms with Crippen molar-refractivity contribution in [2.75, 3.05) is 23.9 Å². The Hall–Kier alpha value is -3.34. The lowest BCUT2D eigenvalue weighted by Crippen LogP contribution is -2.22. The predicted molar refractivity (Wildman–Crippen MR) is 113 cm³/mol. The van der Waals surface area contributed by atoms with Crippen LogP contribution in [0.5, 0.6) is 5.75 Å². The zero-order valence-corrected chi connectivity index (χ0v) is 16.5. The molecular weight excluding hydrogens is 350 g/mol. The number of anilines is 2. The van der Waals surface area contributed by atoms with E-state index in [4.69, 9.17) is 4.74 Å². The quantitative estimate of drug-likeness (QED) is 0.652. The van der Waals surface area contributed by atoms with Crippen LogP contribution >= 0.6 is 0 Å². The zero-order chi connectivity index (χ0) is 19.9. The van der Waals surface area contributed by atoms with Crippen LogP contribution in [0.2, 0.25) is 0 Å². The SMILES string of the molecule is CCN(Cc1ccccc1)c1ccc(C(=O)Nc2cc(C)ccc2OC)nc1. The Morgan fingerprint density at radius 1 is 1.11 bits per heavy atom. The molecule has 3 rings (SSSR count). The zero-order valence-electron chi connectivity index (χ0n) is 16.5. The van der Waals surface area contributed by atoms with Gasteiger partial charge in [0.1, 0.15) is 11.4 Å². The maximum atomic E-state index is 12.6. The molecule has 0 radical (unpaired) electrons. The van der Waals surface area contributed by atoms with E-state index in [1.165, 1.54) is 5.56 Å². The van der Waals surface area contributed by atoms with E-state index in [1.807, 2.05) is 49.4 Å². The summed E-state index contributed by atoms with van der Waals surface area (Å²) in [5.41, 5.74) is 4.26. The number of pyridine rings is 1. The highest BCUT2D eigenvalue weighted by Gasteiger charge is 2.13. The number of methoxy groups -OCH3 is 1. The summed E-state index contributed by atoms with van der Waals surface area (Å²) in [6.45, 7) is 5.72. The van der Waals surface area contributed by atoms with Crippen LogP contribution < -0.4 is 15.0 Å². The molecule has 1 amide bonds. The number of carbonyl (C=O) groups excluding carboxylic acids is 1. The van der Waals surface area contributed by atoms with Gasteiger partial charge < -0.3 is 15.0 Å². The predicted octanol–water partition coefficient (Wildman–Crippen LogP) is 4.68. The number of nitrogens with one attached hydrogen (secondary N) is 1. The molecule has 0 spiro atoms. The molecule has 144 valence electrons. The second-order valence-electron chi connectivity index (χ2n) is 6.56. The van der Waals surface area contributed by atoms with Crippen LogP contribution in [0.1, 0.15) is 28.5 Å². The highest BCUT2D eigenvalue weighted by atomic mass is 16.5. The van der Waals surface area contributed by atoms with Gasteiger partial charge in [0, 0.05) is 13.1 Å². The van der Waals surface area contributed by atoms with Gasteiger partial charge in [0.25, 0.3) is 5.91 Å². The number of hydrogen-bond donors (Lipinski definition) is 1. The lowest BCUT2D eigenvalue weighted by atomic mass is 10.2. The highest BCUT2D eigenvalue weighted by molar-refractivity contribution is 6.03. The molecule has 0 atom stereocenters. The number of carbonyl (C=O) groups is 1. The van der Waals surface area contributed by atoms with Crippen molar-refractivity contribution in [2.24, 2.45) is 0 Å². The molecule has 0 fully saturated rings. The molecule has 5 heteroatoms. The van der Waals surface area contributed by atoms with Gasteiger partial charge in [-0.15, -0.1) is 0 Å². The Balaban J connectivity index is 1.72. The molecule has 0 aliphatic rings. The van der Waals surface area contributed by atoms with Crippen LogP contribution in [-0.4, -0.2) is 24.5 Å². The number of nitrogens with zero attached hydrogens (tertiary/aromatic N) is 2. The molecular formula is C23H25N3O2. The van der Waals surface area contributed by atoms with E-state index in [2.05, 4.69) is 34.3 Å². The van der Waals surface area contributed by atoms with Crippen molar-refractivity contribution in [1.82, 2.24) is 4.98 Å². The van der Waals surface area contributed by atoms with Crippen LogP contribution in [0.15, 0.2) is 66.9 Å². The minimum absolute atomic E-state index is 0.262. The number of benzene rings is 2. The summed E-state index contributed by atoms with van der Waals surface area (Å²) in [7, 11) is 1.58. The van der Waals surface area contributed by atoms with Crippen LogP contribution in [0.3, 0.4) is 0 Å². The number of aryl methyl sites for hydroxylation is 1. The number of rotatable bonds is 7. The molecule has 3 aromatic rings. The summed E-state index contributed by atoms with van der Waals surface area (Å²) in [5, 5.41) is 2.88. The van der Waals surface area contributed by atoms with Crippen molar-refractivity contribution in [2.45, 2.75) is 20.4 Å². The van der Waals surface area contributed by atoms with Gasteiger partial charge in [-0.2, -0.15) is 0 Å². The van der Waals surface area contributed by atoms with Crippen molar-refractivity contribution in [3.05, 3.63) is 83.7 Å². The summed E-state index contributed by atoms with van der Waals surface area (Å²) in [5.74, 6) is 0.358. The van der Waals surface area contributed by atoms with Crippen molar-refractivity contribution in [3.63, 3.8) is 0 Å². The van der Waals surface area contributed by atoms with Gasteiger partial charge >= 0.3 is 0 Å². The number of amides is 1. The average Bonchev–Trinajstić information content (AvgIpc) is 2.73. The fraction of sp³-hybridized carbons (Fsp3) is 0.217. The van der Waals surface area contributed by atoms with Crippen molar-refractivity contribution in [3.8, 4) is 5.75 Å². The molecule has 0 bridgehead atoms. The smallest absolute Gasteiger partial charge is 0.274 e. The van der Waals surface area contributed by atoms with Crippen LogP contribution in [0.25, 0.3) is 0 Å². The molecule has 1 N–H and O–H groups in total.